The first-order valence-electron chi connectivity index (χ1n) is 8.35. The smallest absolute Gasteiger partial charge is 0.280 e. The molecule has 0 saturated heterocycles. The van der Waals surface area contributed by atoms with Crippen LogP contribution in [0.4, 0.5) is 0 Å². The van der Waals surface area contributed by atoms with Gasteiger partial charge in [0, 0.05) is 12.2 Å². The second-order valence-electron chi connectivity index (χ2n) is 5.99. The van der Waals surface area contributed by atoms with E-state index in [9.17, 15) is 4.79 Å². The largest absolute Gasteiger partial charge is 0.464 e. The molecule has 0 unspecified atom stereocenters. The van der Waals surface area contributed by atoms with Gasteiger partial charge in [-0.1, -0.05) is 12.1 Å². The van der Waals surface area contributed by atoms with Crippen LogP contribution in [0.2, 0.25) is 0 Å². The molecular weight excluding hydrogens is 348 g/mol. The molecule has 1 amide bonds. The average Bonchev–Trinajstić information content (AvgIpc) is 3.34. The molecule has 0 aliphatic carbocycles. The van der Waals surface area contributed by atoms with Crippen LogP contribution in [0.15, 0.2) is 47.1 Å². The molecule has 6 nitrogen and oxygen atoms in total. The molecule has 0 spiro atoms. The Morgan fingerprint density at radius 3 is 2.85 bits per heavy atom. The van der Waals surface area contributed by atoms with Gasteiger partial charge in [0.15, 0.2) is 5.01 Å². The fourth-order valence-corrected chi connectivity index (χ4v) is 3.89. The molecule has 1 N–H and O–H groups in total. The van der Waals surface area contributed by atoms with Gasteiger partial charge in [-0.2, -0.15) is 5.10 Å². The predicted molar refractivity (Wildman–Crippen MR) is 101 cm³/mol. The summed E-state index contributed by atoms with van der Waals surface area (Å²) in [5, 5.41) is 7.97. The Labute approximate surface area is 154 Å². The number of rotatable bonds is 5. The summed E-state index contributed by atoms with van der Waals surface area (Å²) in [5.41, 5.74) is 3.79. The van der Waals surface area contributed by atoms with Gasteiger partial charge in [-0.25, -0.2) is 4.98 Å². The molecule has 132 valence electrons. The zero-order chi connectivity index (χ0) is 18.1. The molecule has 26 heavy (non-hydrogen) atoms. The molecule has 4 aromatic rings. The van der Waals surface area contributed by atoms with Crippen molar-refractivity contribution in [2.24, 2.45) is 0 Å². The average molecular weight is 366 g/mol. The van der Waals surface area contributed by atoms with Gasteiger partial charge in [-0.3, -0.25) is 9.48 Å². The Hall–Kier alpha value is -2.93. The minimum absolute atomic E-state index is 0.154. The van der Waals surface area contributed by atoms with E-state index in [0.717, 1.165) is 32.9 Å². The van der Waals surface area contributed by atoms with Crippen LogP contribution in [0.3, 0.4) is 0 Å². The number of carbonyl (C=O) groups excluding carboxylic acids is 1. The lowest BCUT2D eigenvalue weighted by Crippen LogP contribution is -2.27. The topological polar surface area (TPSA) is 73.0 Å². The van der Waals surface area contributed by atoms with E-state index in [4.69, 9.17) is 4.42 Å². The number of aryl methyl sites for hydroxylation is 1. The zero-order valence-electron chi connectivity index (χ0n) is 14.5. The van der Waals surface area contributed by atoms with E-state index in [1.54, 1.807) is 6.26 Å². The lowest BCUT2D eigenvalue weighted by Gasteiger charge is -2.06. The standard InChI is InChI=1S/C19H18N4O2S/c1-12-17(15-7-5-11-25-15)13(2)23(22-12)10-9-20-18(24)19-21-14-6-3-4-8-16(14)26-19/h3-8,11H,9-10H2,1-2H3,(H,20,24). The van der Waals surface area contributed by atoms with Gasteiger partial charge in [0.1, 0.15) is 5.76 Å². The number of hydrogen-bond acceptors (Lipinski definition) is 5. The number of carbonyl (C=O) groups is 1. The van der Waals surface area contributed by atoms with Gasteiger partial charge in [0.05, 0.1) is 34.3 Å². The predicted octanol–water partition coefficient (Wildman–Crippen LogP) is 3.80. The van der Waals surface area contributed by atoms with Crippen molar-refractivity contribution in [3.63, 3.8) is 0 Å². The third-order valence-corrected chi connectivity index (χ3v) is 5.28. The number of nitrogens with one attached hydrogen (secondary N) is 1. The van der Waals surface area contributed by atoms with Crippen LogP contribution in [0, 0.1) is 13.8 Å². The second-order valence-corrected chi connectivity index (χ2v) is 7.02. The molecule has 0 fully saturated rings. The van der Waals surface area contributed by atoms with Gasteiger partial charge in [0.25, 0.3) is 5.91 Å². The van der Waals surface area contributed by atoms with Crippen LogP contribution < -0.4 is 5.32 Å². The molecule has 7 heteroatoms. The summed E-state index contributed by atoms with van der Waals surface area (Å²) in [6.07, 6.45) is 1.66. The molecular formula is C19H18N4O2S. The van der Waals surface area contributed by atoms with Gasteiger partial charge >= 0.3 is 0 Å². The number of thiazole rings is 1. The maximum atomic E-state index is 12.3. The molecule has 0 radical (unpaired) electrons. The lowest BCUT2D eigenvalue weighted by molar-refractivity contribution is 0.0951. The molecule has 3 aromatic heterocycles. The van der Waals surface area contributed by atoms with E-state index < -0.39 is 0 Å². The van der Waals surface area contributed by atoms with Crippen molar-refractivity contribution in [3.8, 4) is 11.3 Å². The number of amides is 1. The molecule has 1 aromatic carbocycles. The quantitative estimate of drug-likeness (QED) is 0.583. The number of hydrogen-bond donors (Lipinski definition) is 1. The third kappa shape index (κ3) is 3.01. The summed E-state index contributed by atoms with van der Waals surface area (Å²) >= 11 is 1.40. The summed E-state index contributed by atoms with van der Waals surface area (Å²) in [6.45, 7) is 5.03. The highest BCUT2D eigenvalue weighted by Gasteiger charge is 2.16. The maximum absolute atomic E-state index is 12.3. The number of aromatic nitrogens is 3. The summed E-state index contributed by atoms with van der Waals surface area (Å²) in [7, 11) is 0. The van der Waals surface area contributed by atoms with Crippen molar-refractivity contribution in [2.45, 2.75) is 20.4 Å². The molecule has 0 atom stereocenters. The first-order valence-corrected chi connectivity index (χ1v) is 9.17. The van der Waals surface area contributed by atoms with Crippen LogP contribution in [0.5, 0.6) is 0 Å². The summed E-state index contributed by atoms with van der Waals surface area (Å²) in [4.78, 5) is 16.7. The highest BCUT2D eigenvalue weighted by molar-refractivity contribution is 7.20. The highest BCUT2D eigenvalue weighted by Crippen LogP contribution is 2.27. The van der Waals surface area contributed by atoms with Gasteiger partial charge < -0.3 is 9.73 Å². The van der Waals surface area contributed by atoms with Crippen molar-refractivity contribution in [1.29, 1.82) is 0 Å². The fraction of sp³-hybridized carbons (Fsp3) is 0.211. The first-order chi connectivity index (χ1) is 12.6. The van der Waals surface area contributed by atoms with Crippen LogP contribution in [0.1, 0.15) is 21.2 Å². The Bertz CT molecular complexity index is 1030. The number of para-hydroxylation sites is 1. The fourth-order valence-electron chi connectivity index (χ4n) is 3.01. The third-order valence-electron chi connectivity index (χ3n) is 4.25. The molecule has 3 heterocycles. The van der Waals surface area contributed by atoms with E-state index >= 15 is 0 Å². The summed E-state index contributed by atoms with van der Waals surface area (Å²) in [5.74, 6) is 0.656. The van der Waals surface area contributed by atoms with Crippen LogP contribution in [0.25, 0.3) is 21.5 Å². The molecule has 0 aliphatic rings. The molecule has 0 saturated carbocycles. The van der Waals surface area contributed by atoms with E-state index in [2.05, 4.69) is 15.4 Å². The molecule has 0 aliphatic heterocycles. The number of fused-ring (bicyclic) bond motifs is 1. The van der Waals surface area contributed by atoms with Gasteiger partial charge in [-0.05, 0) is 38.1 Å². The molecule has 0 bridgehead atoms. The van der Waals surface area contributed by atoms with Gasteiger partial charge in [-0.15, -0.1) is 11.3 Å². The van der Waals surface area contributed by atoms with Gasteiger partial charge in [0.2, 0.25) is 0 Å². The van der Waals surface area contributed by atoms with E-state index in [0.29, 0.717) is 18.1 Å². The van der Waals surface area contributed by atoms with E-state index in [1.807, 2.05) is 54.9 Å². The molecule has 4 rings (SSSR count). The summed E-state index contributed by atoms with van der Waals surface area (Å²) < 4.78 is 8.40. The van der Waals surface area contributed by atoms with Crippen molar-refractivity contribution < 1.29 is 9.21 Å². The van der Waals surface area contributed by atoms with Crippen LogP contribution in [-0.4, -0.2) is 27.2 Å². The second kappa shape index (κ2) is 6.76. The minimum atomic E-state index is -0.154. The van der Waals surface area contributed by atoms with Crippen molar-refractivity contribution in [2.75, 3.05) is 6.54 Å². The number of furan rings is 1. The number of benzene rings is 1. The Balaban J connectivity index is 1.43. The van der Waals surface area contributed by atoms with Crippen LogP contribution >= 0.6 is 11.3 Å². The Morgan fingerprint density at radius 2 is 2.08 bits per heavy atom. The monoisotopic (exact) mass is 366 g/mol. The van der Waals surface area contributed by atoms with E-state index in [-0.39, 0.29) is 5.91 Å². The normalized spacial score (nSPS) is 11.2. The lowest BCUT2D eigenvalue weighted by atomic mass is 10.1. The zero-order valence-corrected chi connectivity index (χ0v) is 15.3. The minimum Gasteiger partial charge on any atom is -0.464 e. The van der Waals surface area contributed by atoms with E-state index in [1.165, 1.54) is 11.3 Å². The Kier molecular flexibility index (Phi) is 4.30. The highest BCUT2D eigenvalue weighted by atomic mass is 32.1. The van der Waals surface area contributed by atoms with Crippen molar-refractivity contribution >= 4 is 27.5 Å². The Morgan fingerprint density at radius 1 is 1.23 bits per heavy atom. The summed E-state index contributed by atoms with van der Waals surface area (Å²) in [6, 6.07) is 11.5. The SMILES string of the molecule is Cc1nn(CCNC(=O)c2nc3ccccc3s2)c(C)c1-c1ccco1. The first kappa shape index (κ1) is 16.5. The van der Waals surface area contributed by atoms with Crippen molar-refractivity contribution in [3.05, 3.63) is 59.1 Å². The van der Waals surface area contributed by atoms with Crippen LogP contribution in [-0.2, 0) is 6.54 Å². The maximum Gasteiger partial charge on any atom is 0.280 e. The number of nitrogens with zero attached hydrogens (tertiary/aromatic N) is 3. The van der Waals surface area contributed by atoms with Crippen molar-refractivity contribution in [1.82, 2.24) is 20.1 Å².